The molecule has 3 aliphatic rings. The molecule has 0 spiro atoms. The van der Waals surface area contributed by atoms with Crippen LogP contribution < -0.4 is 4.74 Å². The lowest BCUT2D eigenvalue weighted by atomic mass is 9.73. The van der Waals surface area contributed by atoms with Crippen LogP contribution in [0.1, 0.15) is 34.9 Å². The highest BCUT2D eigenvalue weighted by atomic mass is 16.5. The number of carbonyl (C=O) groups excluding carboxylic acids is 1. The summed E-state index contributed by atoms with van der Waals surface area (Å²) in [5.41, 5.74) is 1.86. The number of benzene rings is 4. The van der Waals surface area contributed by atoms with Crippen LogP contribution in [-0.2, 0) is 4.74 Å². The van der Waals surface area contributed by atoms with Crippen molar-refractivity contribution < 1.29 is 19.4 Å². The molecule has 1 N–H and O–H groups in total. The number of hydrogen-bond acceptors (Lipinski definition) is 6. The Bertz CT molecular complexity index is 1820. The molecule has 4 heterocycles. The molecule has 206 valence electrons. The Labute approximate surface area is 238 Å². The minimum Gasteiger partial charge on any atom is -0.507 e. The van der Waals surface area contributed by atoms with E-state index in [1.54, 1.807) is 25.4 Å². The van der Waals surface area contributed by atoms with Crippen molar-refractivity contribution in [1.29, 1.82) is 0 Å². The smallest absolute Gasteiger partial charge is 0.342 e. The lowest BCUT2D eigenvalue weighted by molar-refractivity contribution is -0.0568. The number of aromatic nitrogens is 1. The summed E-state index contributed by atoms with van der Waals surface area (Å²) in [5, 5.41) is 15.8. The average molecular weight is 545 g/mol. The number of esters is 1. The van der Waals surface area contributed by atoms with E-state index < -0.39 is 12.1 Å². The summed E-state index contributed by atoms with van der Waals surface area (Å²) < 4.78 is 12.0. The van der Waals surface area contributed by atoms with Gasteiger partial charge < -0.3 is 14.6 Å². The lowest BCUT2D eigenvalue weighted by Gasteiger charge is -2.51. The molecular weight excluding hydrogens is 512 g/mol. The zero-order valence-corrected chi connectivity index (χ0v) is 23.0. The maximum Gasteiger partial charge on any atom is 0.342 e. The maximum atomic E-state index is 13.9. The highest BCUT2D eigenvalue weighted by Crippen LogP contribution is 2.44. The molecule has 0 aliphatic carbocycles. The molecule has 2 bridgehead atoms. The van der Waals surface area contributed by atoms with E-state index in [2.05, 4.69) is 22.5 Å². The van der Waals surface area contributed by atoms with Gasteiger partial charge in [-0.3, -0.25) is 9.88 Å². The molecule has 41 heavy (non-hydrogen) atoms. The van der Waals surface area contributed by atoms with E-state index in [1.807, 2.05) is 60.7 Å². The van der Waals surface area contributed by atoms with Crippen LogP contribution in [0.3, 0.4) is 0 Å². The average Bonchev–Trinajstić information content (AvgIpc) is 3.01. The molecule has 3 saturated heterocycles. The lowest BCUT2D eigenvalue weighted by Crippen LogP contribution is -2.55. The first kappa shape index (κ1) is 25.5. The normalized spacial score (nSPS) is 22.6. The topological polar surface area (TPSA) is 71.9 Å². The Balaban J connectivity index is 1.31. The Hall–Kier alpha value is -4.42. The molecule has 6 nitrogen and oxygen atoms in total. The van der Waals surface area contributed by atoms with Crippen molar-refractivity contribution in [3.63, 3.8) is 0 Å². The van der Waals surface area contributed by atoms with Gasteiger partial charge in [0.15, 0.2) is 0 Å². The quantitative estimate of drug-likeness (QED) is 0.140. The molecule has 8 rings (SSSR count). The second-order valence-corrected chi connectivity index (χ2v) is 11.3. The van der Waals surface area contributed by atoms with E-state index in [0.717, 1.165) is 63.9 Å². The van der Waals surface area contributed by atoms with Crippen molar-refractivity contribution in [3.8, 4) is 11.5 Å². The molecule has 6 heteroatoms. The van der Waals surface area contributed by atoms with Crippen LogP contribution in [0.2, 0.25) is 0 Å². The molecule has 5 atom stereocenters. The fourth-order valence-corrected chi connectivity index (χ4v) is 6.89. The molecule has 0 saturated carbocycles. The number of rotatable bonds is 6. The van der Waals surface area contributed by atoms with Gasteiger partial charge in [0.25, 0.3) is 0 Å². The third kappa shape index (κ3) is 4.49. The van der Waals surface area contributed by atoms with E-state index in [4.69, 9.17) is 9.47 Å². The van der Waals surface area contributed by atoms with Gasteiger partial charge in [-0.1, -0.05) is 30.3 Å². The van der Waals surface area contributed by atoms with Crippen molar-refractivity contribution in [2.75, 3.05) is 20.2 Å². The van der Waals surface area contributed by atoms with Crippen LogP contribution in [0.4, 0.5) is 0 Å². The standard InChI is InChI=1S/C35H32N2O4/c1-3-21-20-37-13-11-24(21)17-32(37)34(28-10-12-36-31-9-8-27(40-2)19-29(28)31)41-35(39)30-16-25-14-22-6-4-5-7-23(22)15-26(25)18-33(30)38/h3-10,12,14-16,18-19,21,24,32,34,38H,1,11,13,17,20H2,2H3/t21-,24-,32-,34+/m0/s1. The third-order valence-corrected chi connectivity index (χ3v) is 9.07. The SMILES string of the molecule is C=C[C@H]1CN2CC[C@H]1C[C@H]2[C@H](OC(=O)c1cc2cc3ccccc3cc2cc1O)c1ccnc2ccc(OC)cc12. The van der Waals surface area contributed by atoms with Crippen LogP contribution in [0, 0.1) is 11.8 Å². The van der Waals surface area contributed by atoms with Crippen molar-refractivity contribution in [1.82, 2.24) is 9.88 Å². The van der Waals surface area contributed by atoms with Crippen molar-refractivity contribution in [2.45, 2.75) is 25.0 Å². The number of aromatic hydroxyl groups is 1. The fraction of sp³-hybridized carbons (Fsp3) is 0.257. The number of ether oxygens (including phenoxy) is 2. The number of phenols is 1. The van der Waals surface area contributed by atoms with Gasteiger partial charge in [0.05, 0.1) is 18.7 Å². The zero-order valence-electron chi connectivity index (χ0n) is 23.0. The van der Waals surface area contributed by atoms with E-state index in [-0.39, 0.29) is 17.4 Å². The first-order chi connectivity index (χ1) is 20.0. The summed E-state index contributed by atoms with van der Waals surface area (Å²) in [6, 6.07) is 23.2. The molecule has 1 aromatic heterocycles. The number of pyridine rings is 1. The second-order valence-electron chi connectivity index (χ2n) is 11.3. The van der Waals surface area contributed by atoms with Crippen LogP contribution >= 0.6 is 0 Å². The van der Waals surface area contributed by atoms with Crippen LogP contribution in [0.5, 0.6) is 11.5 Å². The summed E-state index contributed by atoms with van der Waals surface area (Å²) in [6.07, 6.45) is 5.29. The van der Waals surface area contributed by atoms with Crippen molar-refractivity contribution in [2.24, 2.45) is 11.8 Å². The van der Waals surface area contributed by atoms with Gasteiger partial charge in [-0.15, -0.1) is 6.58 Å². The molecular formula is C35H32N2O4. The number of carbonyl (C=O) groups is 1. The summed E-state index contributed by atoms with van der Waals surface area (Å²) in [5.74, 6) is 1.01. The van der Waals surface area contributed by atoms with Gasteiger partial charge >= 0.3 is 5.97 Å². The number of fused-ring (bicyclic) bond motifs is 6. The van der Waals surface area contributed by atoms with Gasteiger partial charge in [0, 0.05) is 23.7 Å². The minimum atomic E-state index is -0.555. The van der Waals surface area contributed by atoms with Gasteiger partial charge in [-0.25, -0.2) is 4.79 Å². The highest BCUT2D eigenvalue weighted by molar-refractivity contribution is 6.03. The molecule has 3 fully saturated rings. The van der Waals surface area contributed by atoms with Gasteiger partial charge in [-0.05, 0) is 101 Å². The number of methoxy groups -OCH3 is 1. The first-order valence-electron chi connectivity index (χ1n) is 14.2. The second kappa shape index (κ2) is 10.2. The van der Waals surface area contributed by atoms with Crippen LogP contribution in [0.25, 0.3) is 32.4 Å². The minimum absolute atomic E-state index is 0.00255. The molecule has 0 amide bonds. The van der Waals surface area contributed by atoms with Crippen molar-refractivity contribution >= 4 is 38.4 Å². The zero-order chi connectivity index (χ0) is 28.1. The summed E-state index contributed by atoms with van der Waals surface area (Å²) >= 11 is 0. The Morgan fingerprint density at radius 3 is 2.54 bits per heavy atom. The molecule has 5 aromatic rings. The van der Waals surface area contributed by atoms with E-state index in [9.17, 15) is 9.90 Å². The monoisotopic (exact) mass is 544 g/mol. The predicted octanol–water partition coefficient (Wildman–Crippen LogP) is 7.05. The number of nitrogens with zero attached hydrogens (tertiary/aromatic N) is 2. The largest absolute Gasteiger partial charge is 0.507 e. The number of hydrogen-bond donors (Lipinski definition) is 1. The fourth-order valence-electron chi connectivity index (χ4n) is 6.89. The third-order valence-electron chi connectivity index (χ3n) is 9.07. The van der Waals surface area contributed by atoms with Gasteiger partial charge in [-0.2, -0.15) is 0 Å². The summed E-state index contributed by atoms with van der Waals surface area (Å²) in [4.78, 5) is 20.9. The Morgan fingerprint density at radius 1 is 1.05 bits per heavy atom. The van der Waals surface area contributed by atoms with Crippen LogP contribution in [0.15, 0.2) is 91.6 Å². The first-order valence-corrected chi connectivity index (χ1v) is 14.2. The van der Waals surface area contributed by atoms with E-state index in [1.165, 1.54) is 0 Å². The Kier molecular flexibility index (Phi) is 6.36. The maximum absolute atomic E-state index is 13.9. The molecule has 4 aromatic carbocycles. The van der Waals surface area contributed by atoms with Gasteiger partial charge in [0.2, 0.25) is 0 Å². The number of piperidine rings is 3. The summed E-state index contributed by atoms with van der Waals surface area (Å²) in [6.45, 7) is 5.92. The van der Waals surface area contributed by atoms with Gasteiger partial charge in [0.1, 0.15) is 23.2 Å². The Morgan fingerprint density at radius 2 is 1.83 bits per heavy atom. The molecule has 0 radical (unpaired) electrons. The van der Waals surface area contributed by atoms with Crippen molar-refractivity contribution in [3.05, 3.63) is 103 Å². The molecule has 1 unspecified atom stereocenters. The summed E-state index contributed by atoms with van der Waals surface area (Å²) in [7, 11) is 1.64. The van der Waals surface area contributed by atoms with E-state index in [0.29, 0.717) is 17.6 Å². The highest BCUT2D eigenvalue weighted by Gasteiger charge is 2.44. The van der Waals surface area contributed by atoms with E-state index >= 15 is 0 Å². The molecule has 3 aliphatic heterocycles. The number of phenolic OH excluding ortho intramolecular Hbond substituents is 1. The predicted molar refractivity (Wildman–Crippen MR) is 161 cm³/mol. The van der Waals surface area contributed by atoms with Crippen LogP contribution in [-0.4, -0.2) is 47.2 Å².